The molecule has 24 heavy (non-hydrogen) atoms. The smallest absolute Gasteiger partial charge is 0.332 e. The van der Waals surface area contributed by atoms with Gasteiger partial charge in [-0.2, -0.15) is 4.98 Å². The van der Waals surface area contributed by atoms with E-state index in [0.717, 1.165) is 4.57 Å². The molecule has 0 unspecified atom stereocenters. The molecular formula is C15H14ClFN4O3. The highest BCUT2D eigenvalue weighted by Crippen LogP contribution is 2.18. The summed E-state index contributed by atoms with van der Waals surface area (Å²) in [5, 5.41) is 0.0560. The van der Waals surface area contributed by atoms with Crippen LogP contribution in [0.25, 0.3) is 11.2 Å². The Kier molecular flexibility index (Phi) is 4.15. The monoisotopic (exact) mass is 352 g/mol. The predicted octanol–water partition coefficient (Wildman–Crippen LogP) is 1.31. The average Bonchev–Trinajstić information content (AvgIpc) is 2.90. The van der Waals surface area contributed by atoms with Gasteiger partial charge >= 0.3 is 5.69 Å². The van der Waals surface area contributed by atoms with E-state index < -0.39 is 17.1 Å². The van der Waals surface area contributed by atoms with Gasteiger partial charge in [0, 0.05) is 14.1 Å². The number of ether oxygens (including phenoxy) is 1. The first-order valence-electron chi connectivity index (χ1n) is 7.11. The highest BCUT2D eigenvalue weighted by atomic mass is 35.5. The molecule has 0 aliphatic heterocycles. The molecule has 0 amide bonds. The van der Waals surface area contributed by atoms with Crippen LogP contribution in [0.2, 0.25) is 5.28 Å². The summed E-state index contributed by atoms with van der Waals surface area (Å²) in [5.74, 6) is -0.365. The van der Waals surface area contributed by atoms with Gasteiger partial charge in [0.1, 0.15) is 6.61 Å². The van der Waals surface area contributed by atoms with Crippen LogP contribution in [-0.2, 0) is 20.6 Å². The normalized spacial score (nSPS) is 11.2. The van der Waals surface area contributed by atoms with Crippen LogP contribution in [0.15, 0.2) is 33.9 Å². The average molecular weight is 353 g/mol. The fourth-order valence-corrected chi connectivity index (χ4v) is 2.68. The van der Waals surface area contributed by atoms with Crippen LogP contribution in [0.1, 0.15) is 0 Å². The summed E-state index contributed by atoms with van der Waals surface area (Å²) in [7, 11) is 2.89. The number of aryl methyl sites for hydroxylation is 1. The van der Waals surface area contributed by atoms with Crippen molar-refractivity contribution in [3.63, 3.8) is 0 Å². The number of fused-ring (bicyclic) bond motifs is 1. The van der Waals surface area contributed by atoms with E-state index in [2.05, 4.69) is 4.98 Å². The third kappa shape index (κ3) is 2.58. The predicted molar refractivity (Wildman–Crippen MR) is 87.1 cm³/mol. The fourth-order valence-electron chi connectivity index (χ4n) is 2.43. The zero-order valence-corrected chi connectivity index (χ0v) is 13.7. The number of rotatable bonds is 4. The summed E-state index contributed by atoms with van der Waals surface area (Å²) < 4.78 is 22.6. The van der Waals surface area contributed by atoms with Crippen LogP contribution in [-0.4, -0.2) is 25.3 Å². The van der Waals surface area contributed by atoms with Crippen molar-refractivity contribution in [1.82, 2.24) is 18.7 Å². The summed E-state index contributed by atoms with van der Waals surface area (Å²) in [6.45, 7) is 0.259. The molecule has 3 aromatic rings. The number of imidazole rings is 1. The summed E-state index contributed by atoms with van der Waals surface area (Å²) in [4.78, 5) is 28.3. The molecule has 0 saturated carbocycles. The summed E-state index contributed by atoms with van der Waals surface area (Å²) in [5.41, 5.74) is -0.601. The molecule has 1 aromatic carbocycles. The number of hydrogen-bond acceptors (Lipinski definition) is 4. The summed E-state index contributed by atoms with van der Waals surface area (Å²) in [6.07, 6.45) is 0. The molecule has 0 atom stereocenters. The maximum absolute atomic E-state index is 13.5. The third-order valence-electron chi connectivity index (χ3n) is 3.71. The molecule has 0 saturated heterocycles. The van der Waals surface area contributed by atoms with Crippen molar-refractivity contribution in [2.24, 2.45) is 14.1 Å². The fraction of sp³-hybridized carbons (Fsp3) is 0.267. The molecule has 0 bridgehead atoms. The maximum Gasteiger partial charge on any atom is 0.332 e. The second kappa shape index (κ2) is 6.12. The molecule has 0 fully saturated rings. The number of hydrogen-bond donors (Lipinski definition) is 0. The quantitative estimate of drug-likeness (QED) is 0.664. The van der Waals surface area contributed by atoms with E-state index in [1.54, 1.807) is 12.1 Å². The zero-order chi connectivity index (χ0) is 17.4. The van der Waals surface area contributed by atoms with Gasteiger partial charge in [0.15, 0.2) is 22.7 Å². The molecule has 0 aliphatic carbocycles. The van der Waals surface area contributed by atoms with Gasteiger partial charge in [-0.3, -0.25) is 13.9 Å². The third-order valence-corrected chi connectivity index (χ3v) is 4.00. The molecule has 9 heteroatoms. The number of halogens is 2. The van der Waals surface area contributed by atoms with Crippen LogP contribution < -0.4 is 16.0 Å². The van der Waals surface area contributed by atoms with E-state index in [4.69, 9.17) is 16.3 Å². The minimum Gasteiger partial charge on any atom is -0.489 e. The highest BCUT2D eigenvalue weighted by molar-refractivity contribution is 6.29. The lowest BCUT2D eigenvalue weighted by molar-refractivity contribution is 0.286. The van der Waals surface area contributed by atoms with Crippen molar-refractivity contribution in [1.29, 1.82) is 0 Å². The Morgan fingerprint density at radius 1 is 1.21 bits per heavy atom. The molecular weight excluding hydrogens is 339 g/mol. The Morgan fingerprint density at radius 2 is 1.92 bits per heavy atom. The second-order valence-corrected chi connectivity index (χ2v) is 5.53. The molecule has 2 heterocycles. The lowest BCUT2D eigenvalue weighted by atomic mass is 10.3. The van der Waals surface area contributed by atoms with Crippen LogP contribution in [0, 0.1) is 5.82 Å². The summed E-state index contributed by atoms with van der Waals surface area (Å²) in [6, 6.07) is 6.02. The van der Waals surface area contributed by atoms with E-state index in [9.17, 15) is 14.0 Å². The molecule has 126 valence electrons. The minimum atomic E-state index is -0.501. The molecule has 0 N–H and O–H groups in total. The lowest BCUT2D eigenvalue weighted by Crippen LogP contribution is -2.37. The first-order valence-corrected chi connectivity index (χ1v) is 7.48. The Morgan fingerprint density at radius 3 is 2.62 bits per heavy atom. The van der Waals surface area contributed by atoms with Crippen LogP contribution in [0.4, 0.5) is 4.39 Å². The molecule has 0 aliphatic rings. The molecule has 3 rings (SSSR count). The van der Waals surface area contributed by atoms with E-state index in [-0.39, 0.29) is 35.3 Å². The van der Waals surface area contributed by atoms with Gasteiger partial charge in [-0.05, 0) is 23.7 Å². The lowest BCUT2D eigenvalue weighted by Gasteiger charge is -2.09. The summed E-state index contributed by atoms with van der Waals surface area (Å²) >= 11 is 6.09. The van der Waals surface area contributed by atoms with Gasteiger partial charge < -0.3 is 9.30 Å². The first-order chi connectivity index (χ1) is 11.4. The number of aromatic nitrogens is 4. The van der Waals surface area contributed by atoms with Gasteiger partial charge in [0.25, 0.3) is 5.56 Å². The standard InChI is InChI=1S/C15H14ClFN4O3/c1-19-12-11(13(22)20(2)15(19)23)21(14(16)18-12)7-8-24-10-6-4-3-5-9(10)17/h3-6H,7-8H2,1-2H3. The van der Waals surface area contributed by atoms with Crippen molar-refractivity contribution >= 4 is 22.8 Å². The van der Waals surface area contributed by atoms with E-state index in [1.165, 1.54) is 35.4 Å². The first kappa shape index (κ1) is 16.3. The van der Waals surface area contributed by atoms with Gasteiger partial charge in [0.05, 0.1) is 6.54 Å². The van der Waals surface area contributed by atoms with Crippen LogP contribution in [0.3, 0.4) is 0 Å². The Bertz CT molecular complexity index is 1040. The number of para-hydroxylation sites is 1. The van der Waals surface area contributed by atoms with Crippen molar-refractivity contribution in [2.45, 2.75) is 6.54 Å². The molecule has 2 aromatic heterocycles. The van der Waals surface area contributed by atoms with E-state index in [1.807, 2.05) is 0 Å². The van der Waals surface area contributed by atoms with Gasteiger partial charge in [-0.1, -0.05) is 12.1 Å². The molecule has 0 spiro atoms. The maximum atomic E-state index is 13.5. The largest absolute Gasteiger partial charge is 0.489 e. The Balaban J connectivity index is 1.96. The van der Waals surface area contributed by atoms with E-state index in [0.29, 0.717) is 0 Å². The van der Waals surface area contributed by atoms with Gasteiger partial charge in [-0.15, -0.1) is 0 Å². The zero-order valence-electron chi connectivity index (χ0n) is 13.0. The second-order valence-electron chi connectivity index (χ2n) is 5.19. The highest BCUT2D eigenvalue weighted by Gasteiger charge is 2.18. The van der Waals surface area contributed by atoms with Crippen molar-refractivity contribution in [3.05, 3.63) is 56.2 Å². The van der Waals surface area contributed by atoms with Crippen molar-refractivity contribution in [3.8, 4) is 5.75 Å². The topological polar surface area (TPSA) is 71.0 Å². The van der Waals surface area contributed by atoms with Crippen molar-refractivity contribution in [2.75, 3.05) is 6.61 Å². The minimum absolute atomic E-state index is 0.0560. The van der Waals surface area contributed by atoms with Gasteiger partial charge in [0.2, 0.25) is 5.28 Å². The van der Waals surface area contributed by atoms with E-state index >= 15 is 0 Å². The molecule has 0 radical (unpaired) electrons. The Labute approximate surface area is 140 Å². The van der Waals surface area contributed by atoms with Crippen LogP contribution in [0.5, 0.6) is 5.75 Å². The number of nitrogens with zero attached hydrogens (tertiary/aromatic N) is 4. The van der Waals surface area contributed by atoms with Crippen LogP contribution >= 0.6 is 11.6 Å². The molecule has 7 nitrogen and oxygen atoms in total. The number of benzene rings is 1. The SMILES string of the molecule is Cn1c(=O)c2c(nc(Cl)n2CCOc2ccccc2F)n(C)c1=O. The Hall–Kier alpha value is -2.61. The van der Waals surface area contributed by atoms with Crippen molar-refractivity contribution < 1.29 is 9.13 Å². The van der Waals surface area contributed by atoms with Gasteiger partial charge in [-0.25, -0.2) is 9.18 Å².